The number of hydrogen-bond donors (Lipinski definition) is 13. The number of nitrogens with two attached hydrogens (primary N) is 1. The molecular formula is C25H45NO19. The summed E-state index contributed by atoms with van der Waals surface area (Å²) >= 11 is 0. The number of ether oxygens (including phenoxy) is 7. The van der Waals surface area contributed by atoms with E-state index in [0.717, 1.165) is 0 Å². The lowest BCUT2D eigenvalue weighted by molar-refractivity contribution is -0.418. The Bertz CT molecular complexity index is 933. The Hall–Kier alpha value is -0.800. The van der Waals surface area contributed by atoms with Gasteiger partial charge in [0, 0.05) is 6.42 Å². The Morgan fingerprint density at radius 3 is 1.78 bits per heavy atom. The standard InChI is InChI=1S/C25H45NO19/c1-7-14(32)18(36)21(10(4-28)39-7)43-22-8(31)2-25(38,12(6-30)42-22)45-23-13(26)16(34)20(11(5-29)41-23)44-24-19(37)17(35)15(33)9(3-27)40-24/h7-24,27-38H,2-6,26H2,1H3/t7?,8?,9?,10?,11?,12?,13?,14?,15-,16+,17-,18+,19?,20+,21+,22-,23-,24-,25-/m0/s1. The predicted octanol–water partition coefficient (Wildman–Crippen LogP) is -8.36. The van der Waals surface area contributed by atoms with Gasteiger partial charge in [-0.2, -0.15) is 0 Å². The molecule has 20 heteroatoms. The third-order valence-corrected chi connectivity index (χ3v) is 8.54. The van der Waals surface area contributed by atoms with Gasteiger partial charge in [0.25, 0.3) is 0 Å². The molecule has 0 bridgehead atoms. The maximum Gasteiger partial charge on any atom is 0.200 e. The second-order valence-corrected chi connectivity index (χ2v) is 11.6. The molecule has 0 radical (unpaired) electrons. The average molecular weight is 664 g/mol. The van der Waals surface area contributed by atoms with Crippen molar-refractivity contribution in [3.8, 4) is 0 Å². The van der Waals surface area contributed by atoms with Crippen LogP contribution in [0.1, 0.15) is 13.3 Å². The molecule has 0 saturated carbocycles. The summed E-state index contributed by atoms with van der Waals surface area (Å²) in [6.07, 6.45) is -26.9. The van der Waals surface area contributed by atoms with Gasteiger partial charge in [-0.1, -0.05) is 0 Å². The van der Waals surface area contributed by atoms with Crippen molar-refractivity contribution in [2.75, 3.05) is 26.4 Å². The van der Waals surface area contributed by atoms with E-state index in [1.807, 2.05) is 0 Å². The van der Waals surface area contributed by atoms with Crippen LogP contribution in [0, 0.1) is 0 Å². The minimum absolute atomic E-state index is 0.621. The first-order valence-electron chi connectivity index (χ1n) is 14.5. The van der Waals surface area contributed by atoms with Crippen LogP contribution in [-0.2, 0) is 33.2 Å². The highest BCUT2D eigenvalue weighted by atomic mass is 16.8. The molecule has 20 nitrogen and oxygen atoms in total. The van der Waals surface area contributed by atoms with Gasteiger partial charge in [0.05, 0.1) is 38.6 Å². The SMILES string of the molecule is CC1OC(CO)[C@@H](O[C@@H]2OC(CO)[C@@](O)(O[C@@H]3OC(CO)[C@@H](O[C@@H]4OC(CO)[C@H](O)[C@H](O)C4O)[C@H](O)C3N)CC2O)[C@H](O)C1O. The predicted molar refractivity (Wildman–Crippen MR) is 139 cm³/mol. The number of hydrogen-bond acceptors (Lipinski definition) is 20. The molecule has 0 aromatic rings. The minimum atomic E-state index is -2.55. The van der Waals surface area contributed by atoms with E-state index < -0.39 is 149 Å². The van der Waals surface area contributed by atoms with Crippen LogP contribution in [0.2, 0.25) is 0 Å². The summed E-state index contributed by atoms with van der Waals surface area (Å²) < 4.78 is 38.7. The topological polar surface area (TPSA) is 333 Å². The fourth-order valence-electron chi connectivity index (χ4n) is 5.81. The molecule has 14 N–H and O–H groups in total. The first kappa shape index (κ1) is 37.0. The van der Waals surface area contributed by atoms with Crippen molar-refractivity contribution in [3.63, 3.8) is 0 Å². The normalized spacial score (nSPS) is 52.9. The van der Waals surface area contributed by atoms with Gasteiger partial charge in [-0.15, -0.1) is 0 Å². The molecule has 19 atom stereocenters. The Morgan fingerprint density at radius 1 is 0.622 bits per heavy atom. The molecule has 0 amide bonds. The van der Waals surface area contributed by atoms with Gasteiger partial charge in [0.15, 0.2) is 24.7 Å². The van der Waals surface area contributed by atoms with E-state index >= 15 is 0 Å². The van der Waals surface area contributed by atoms with Crippen molar-refractivity contribution in [1.29, 1.82) is 0 Å². The van der Waals surface area contributed by atoms with E-state index in [2.05, 4.69) is 0 Å². The van der Waals surface area contributed by atoms with E-state index in [-0.39, 0.29) is 0 Å². The van der Waals surface area contributed by atoms with Crippen molar-refractivity contribution in [1.82, 2.24) is 0 Å². The summed E-state index contributed by atoms with van der Waals surface area (Å²) in [6, 6.07) is -1.56. The summed E-state index contributed by atoms with van der Waals surface area (Å²) in [5.74, 6) is -2.55. The smallest absolute Gasteiger partial charge is 0.200 e. The maximum atomic E-state index is 11.3. The Kier molecular flexibility index (Phi) is 12.5. The molecule has 45 heavy (non-hydrogen) atoms. The van der Waals surface area contributed by atoms with Crippen LogP contribution < -0.4 is 5.73 Å². The molecule has 0 spiro atoms. The van der Waals surface area contributed by atoms with Crippen LogP contribution in [0.3, 0.4) is 0 Å². The van der Waals surface area contributed by atoms with Crippen molar-refractivity contribution in [2.24, 2.45) is 5.73 Å². The number of aliphatic hydroxyl groups is 12. The third-order valence-electron chi connectivity index (χ3n) is 8.54. The Morgan fingerprint density at radius 2 is 1.18 bits per heavy atom. The van der Waals surface area contributed by atoms with Gasteiger partial charge in [0.2, 0.25) is 0 Å². The molecule has 0 aromatic heterocycles. The number of aliphatic hydroxyl groups excluding tert-OH is 11. The van der Waals surface area contributed by atoms with Gasteiger partial charge >= 0.3 is 0 Å². The summed E-state index contributed by atoms with van der Waals surface area (Å²) in [5.41, 5.74) is 6.11. The number of rotatable bonds is 10. The molecule has 4 aliphatic heterocycles. The molecule has 4 fully saturated rings. The monoisotopic (exact) mass is 663 g/mol. The summed E-state index contributed by atoms with van der Waals surface area (Å²) in [4.78, 5) is 0. The van der Waals surface area contributed by atoms with Gasteiger partial charge in [0.1, 0.15) is 79.4 Å². The average Bonchev–Trinajstić information content (AvgIpc) is 3.01. The molecule has 9 unspecified atom stereocenters. The molecule has 0 aromatic carbocycles. The van der Waals surface area contributed by atoms with Crippen LogP contribution in [-0.4, -0.2) is 204 Å². The zero-order valence-electron chi connectivity index (χ0n) is 24.2. The van der Waals surface area contributed by atoms with Crippen LogP contribution in [0.4, 0.5) is 0 Å². The van der Waals surface area contributed by atoms with Gasteiger partial charge in [-0.25, -0.2) is 0 Å². The zero-order chi connectivity index (χ0) is 33.4. The quantitative estimate of drug-likeness (QED) is 0.0965. The van der Waals surface area contributed by atoms with Crippen LogP contribution in [0.25, 0.3) is 0 Å². The van der Waals surface area contributed by atoms with E-state index in [1.165, 1.54) is 6.92 Å². The van der Waals surface area contributed by atoms with Crippen LogP contribution in [0.5, 0.6) is 0 Å². The largest absolute Gasteiger partial charge is 0.394 e. The highest BCUT2D eigenvalue weighted by Crippen LogP contribution is 2.37. The highest BCUT2D eigenvalue weighted by molar-refractivity contribution is 4.98. The van der Waals surface area contributed by atoms with Crippen LogP contribution in [0.15, 0.2) is 0 Å². The zero-order valence-corrected chi connectivity index (χ0v) is 24.2. The molecular weight excluding hydrogens is 618 g/mol. The third kappa shape index (κ3) is 7.45. The van der Waals surface area contributed by atoms with Gasteiger partial charge < -0.3 is 100 Å². The van der Waals surface area contributed by atoms with Gasteiger partial charge in [-0.05, 0) is 6.92 Å². The summed E-state index contributed by atoms with van der Waals surface area (Å²) in [7, 11) is 0. The van der Waals surface area contributed by atoms with Gasteiger partial charge in [-0.3, -0.25) is 0 Å². The minimum Gasteiger partial charge on any atom is -0.394 e. The molecule has 4 heterocycles. The van der Waals surface area contributed by atoms with E-state index in [4.69, 9.17) is 38.9 Å². The Labute approximate surface area is 256 Å². The van der Waals surface area contributed by atoms with Crippen molar-refractivity contribution in [3.05, 3.63) is 0 Å². The summed E-state index contributed by atoms with van der Waals surface area (Å²) in [5, 5.41) is 123. The first-order valence-corrected chi connectivity index (χ1v) is 14.5. The Balaban J connectivity index is 1.43. The molecule has 4 aliphatic rings. The lowest BCUT2D eigenvalue weighted by atomic mass is 9.94. The lowest BCUT2D eigenvalue weighted by Crippen LogP contribution is -2.69. The summed E-state index contributed by atoms with van der Waals surface area (Å²) in [6.45, 7) is -1.67. The first-order chi connectivity index (χ1) is 21.2. The van der Waals surface area contributed by atoms with E-state index in [1.54, 1.807) is 0 Å². The highest BCUT2D eigenvalue weighted by Gasteiger charge is 2.56. The molecule has 4 saturated heterocycles. The second-order valence-electron chi connectivity index (χ2n) is 11.6. The van der Waals surface area contributed by atoms with E-state index in [0.29, 0.717) is 0 Å². The van der Waals surface area contributed by atoms with E-state index in [9.17, 15) is 61.3 Å². The van der Waals surface area contributed by atoms with Crippen molar-refractivity contribution >= 4 is 0 Å². The molecule has 264 valence electrons. The fraction of sp³-hybridized carbons (Fsp3) is 1.00. The molecule has 0 aliphatic carbocycles. The van der Waals surface area contributed by atoms with Crippen LogP contribution >= 0.6 is 0 Å². The van der Waals surface area contributed by atoms with Crippen molar-refractivity contribution in [2.45, 2.75) is 129 Å². The van der Waals surface area contributed by atoms with Crippen molar-refractivity contribution < 1.29 is 94.4 Å². The maximum absolute atomic E-state index is 11.3. The second kappa shape index (κ2) is 15.2. The fourth-order valence-corrected chi connectivity index (χ4v) is 5.81. The lowest BCUT2D eigenvalue weighted by Gasteiger charge is -2.50. The molecule has 4 rings (SSSR count).